The van der Waals surface area contributed by atoms with Crippen LogP contribution >= 0.6 is 0 Å². The van der Waals surface area contributed by atoms with Gasteiger partial charge in [-0.3, -0.25) is 14.4 Å². The van der Waals surface area contributed by atoms with Crippen molar-refractivity contribution in [1.82, 2.24) is 0 Å². The Morgan fingerprint density at radius 3 is 2.45 bits per heavy atom. The average molecular weight is 450 g/mol. The van der Waals surface area contributed by atoms with Crippen LogP contribution in [0.2, 0.25) is 0 Å². The maximum absolute atomic E-state index is 13.9. The Kier molecular flexibility index (Phi) is 4.72. The van der Waals surface area contributed by atoms with E-state index in [1.807, 2.05) is 12.2 Å². The third kappa shape index (κ3) is 2.92. The number of hydrogen-bond donors (Lipinski definition) is 1. The second-order valence-corrected chi connectivity index (χ2v) is 12.8. The number of fused-ring (bicyclic) bond motifs is 7. The van der Waals surface area contributed by atoms with E-state index in [9.17, 15) is 24.8 Å². The lowest BCUT2D eigenvalue weighted by molar-refractivity contribution is -0.174. The molecule has 5 aliphatic carbocycles. The molecule has 0 spiro atoms. The van der Waals surface area contributed by atoms with Crippen LogP contribution in [0.1, 0.15) is 79.1 Å². The van der Waals surface area contributed by atoms with Crippen LogP contribution < -0.4 is 0 Å². The topological polar surface area (TPSA) is 95.2 Å². The lowest BCUT2D eigenvalue weighted by atomic mass is 9.40. The van der Waals surface area contributed by atoms with Gasteiger partial charge in [-0.25, -0.2) is 0 Å². The van der Waals surface area contributed by atoms with Gasteiger partial charge in [-0.05, 0) is 79.6 Å². The molecule has 7 unspecified atom stereocenters. The largest absolute Gasteiger partial charge is 0.481 e. The molecule has 5 heteroatoms. The lowest BCUT2D eigenvalue weighted by Gasteiger charge is -2.63. The first kappa shape index (κ1) is 22.6. The van der Waals surface area contributed by atoms with Crippen LogP contribution in [-0.4, -0.2) is 22.6 Å². The smallest absolute Gasteiger partial charge is 0.309 e. The van der Waals surface area contributed by atoms with Crippen molar-refractivity contribution in [3.63, 3.8) is 0 Å². The van der Waals surface area contributed by atoms with Crippen LogP contribution in [0.25, 0.3) is 0 Å². The number of carboxylic acids is 1. The molecule has 7 atom stereocenters. The molecule has 5 nitrogen and oxygen atoms in total. The molecule has 5 aliphatic rings. The molecule has 176 valence electrons. The van der Waals surface area contributed by atoms with Gasteiger partial charge in [-0.15, -0.1) is 0 Å². The van der Waals surface area contributed by atoms with Crippen molar-refractivity contribution in [2.45, 2.75) is 79.1 Å². The van der Waals surface area contributed by atoms with Gasteiger partial charge >= 0.3 is 5.97 Å². The molecule has 3 saturated carbocycles. The van der Waals surface area contributed by atoms with E-state index < -0.39 is 16.8 Å². The highest BCUT2D eigenvalue weighted by Gasteiger charge is 2.65. The monoisotopic (exact) mass is 449 g/mol. The van der Waals surface area contributed by atoms with E-state index in [1.165, 1.54) is 0 Å². The minimum Gasteiger partial charge on any atom is -0.481 e. The fourth-order valence-corrected chi connectivity index (χ4v) is 8.78. The summed E-state index contributed by atoms with van der Waals surface area (Å²) in [6.07, 6.45) is 9.54. The van der Waals surface area contributed by atoms with Crippen molar-refractivity contribution in [2.24, 2.45) is 45.3 Å². The number of allylic oxidation sites excluding steroid dienone is 4. The van der Waals surface area contributed by atoms with Crippen molar-refractivity contribution in [1.29, 1.82) is 5.26 Å². The highest BCUT2D eigenvalue weighted by molar-refractivity contribution is 6.01. The summed E-state index contributed by atoms with van der Waals surface area (Å²) < 4.78 is 0. The predicted molar refractivity (Wildman–Crippen MR) is 123 cm³/mol. The van der Waals surface area contributed by atoms with Gasteiger partial charge in [0.2, 0.25) is 0 Å². The molecule has 0 aromatic heterocycles. The van der Waals surface area contributed by atoms with E-state index in [2.05, 4.69) is 33.8 Å². The van der Waals surface area contributed by atoms with Crippen molar-refractivity contribution in [3.8, 4) is 6.07 Å². The Labute approximate surface area is 196 Å². The second-order valence-electron chi connectivity index (χ2n) is 12.8. The number of nitriles is 1. The highest BCUT2D eigenvalue weighted by atomic mass is 16.4. The molecule has 0 amide bonds. The summed E-state index contributed by atoms with van der Waals surface area (Å²) in [6, 6.07) is 2.09. The highest BCUT2D eigenvalue weighted by Crippen LogP contribution is 2.69. The van der Waals surface area contributed by atoms with Gasteiger partial charge in [-0.1, -0.05) is 39.3 Å². The minimum absolute atomic E-state index is 0.0362. The first-order valence-corrected chi connectivity index (χ1v) is 12.5. The Balaban J connectivity index is 1.64. The van der Waals surface area contributed by atoms with E-state index >= 15 is 0 Å². The van der Waals surface area contributed by atoms with Crippen molar-refractivity contribution >= 4 is 17.5 Å². The van der Waals surface area contributed by atoms with Crippen LogP contribution in [0.3, 0.4) is 0 Å². The summed E-state index contributed by atoms with van der Waals surface area (Å²) >= 11 is 0. The van der Waals surface area contributed by atoms with Crippen molar-refractivity contribution in [3.05, 3.63) is 23.3 Å². The van der Waals surface area contributed by atoms with Gasteiger partial charge in [0.1, 0.15) is 6.07 Å². The standard InChI is InChI=1S/C28H35NO4/c1-25(2)9-10-28(24(32)33)8-6-18-23(19(28)14-25)21(31)12-22-26(18,3)7-5-17-11-20(30)16(15-29)13-27(17,22)4/h12-13,17-19,23H,5-11,14H2,1-4H3,(H,32,33). The molecule has 0 aromatic carbocycles. The SMILES string of the molecule is CC1(C)CCC2(C(=O)O)CCC3C(C(=O)C=C4C5(C)C=C(C#N)C(=O)CC5CCC43C)C2C1. The number of carboxylic acid groups (broad SMARTS) is 1. The first-order chi connectivity index (χ1) is 15.4. The Hall–Kier alpha value is -2.22. The number of carbonyl (C=O) groups excluding carboxylic acids is 2. The Morgan fingerprint density at radius 2 is 1.79 bits per heavy atom. The van der Waals surface area contributed by atoms with E-state index in [4.69, 9.17) is 0 Å². The normalized spacial score (nSPS) is 45.9. The van der Waals surface area contributed by atoms with Crippen LogP contribution in [0.4, 0.5) is 0 Å². The zero-order valence-corrected chi connectivity index (χ0v) is 20.2. The van der Waals surface area contributed by atoms with Crippen LogP contribution in [0.5, 0.6) is 0 Å². The predicted octanol–water partition coefficient (Wildman–Crippen LogP) is 5.26. The molecule has 1 N–H and O–H groups in total. The van der Waals surface area contributed by atoms with Gasteiger partial charge in [0.15, 0.2) is 11.6 Å². The zero-order chi connectivity index (χ0) is 24.0. The Bertz CT molecular complexity index is 1060. The summed E-state index contributed by atoms with van der Waals surface area (Å²) in [6.45, 7) is 8.78. The van der Waals surface area contributed by atoms with Crippen molar-refractivity contribution in [2.75, 3.05) is 0 Å². The van der Waals surface area contributed by atoms with E-state index in [0.717, 1.165) is 37.7 Å². The molecule has 0 bridgehead atoms. The van der Waals surface area contributed by atoms with Crippen LogP contribution in [0.15, 0.2) is 23.3 Å². The number of Topliss-reactive ketones (excluding diaryl/α,β-unsaturated/α-hetero) is 1. The number of hydrogen-bond acceptors (Lipinski definition) is 4. The van der Waals surface area contributed by atoms with Gasteiger partial charge in [0, 0.05) is 17.8 Å². The molecule has 0 aromatic rings. The third-order valence-corrected chi connectivity index (χ3v) is 10.7. The number of carbonyl (C=O) groups is 3. The van der Waals surface area contributed by atoms with Crippen LogP contribution in [0, 0.1) is 56.7 Å². The summed E-state index contributed by atoms with van der Waals surface area (Å²) in [7, 11) is 0. The molecule has 0 saturated heterocycles. The molecule has 33 heavy (non-hydrogen) atoms. The lowest BCUT2D eigenvalue weighted by Crippen LogP contribution is -2.60. The summed E-state index contributed by atoms with van der Waals surface area (Å²) in [5, 5.41) is 19.9. The van der Waals surface area contributed by atoms with E-state index in [-0.39, 0.29) is 51.6 Å². The van der Waals surface area contributed by atoms with Gasteiger partial charge in [0.05, 0.1) is 11.0 Å². The third-order valence-electron chi connectivity index (χ3n) is 10.7. The molecule has 0 radical (unpaired) electrons. The molecule has 0 aliphatic heterocycles. The zero-order valence-electron chi connectivity index (χ0n) is 20.2. The van der Waals surface area contributed by atoms with E-state index in [1.54, 1.807) is 0 Å². The van der Waals surface area contributed by atoms with Crippen molar-refractivity contribution < 1.29 is 19.5 Å². The molecule has 5 rings (SSSR count). The molecule has 3 fully saturated rings. The summed E-state index contributed by atoms with van der Waals surface area (Å²) in [5.41, 5.74) is -0.145. The second kappa shape index (κ2) is 6.90. The molecular weight excluding hydrogens is 414 g/mol. The van der Waals surface area contributed by atoms with E-state index in [0.29, 0.717) is 19.3 Å². The maximum atomic E-state index is 13.9. The van der Waals surface area contributed by atoms with Gasteiger partial charge < -0.3 is 5.11 Å². The first-order valence-electron chi connectivity index (χ1n) is 12.5. The van der Waals surface area contributed by atoms with Gasteiger partial charge in [0.25, 0.3) is 0 Å². The van der Waals surface area contributed by atoms with Gasteiger partial charge in [-0.2, -0.15) is 5.26 Å². The molecular formula is C28H35NO4. The maximum Gasteiger partial charge on any atom is 0.309 e. The number of nitrogens with zero attached hydrogens (tertiary/aromatic N) is 1. The minimum atomic E-state index is -0.791. The van der Waals surface area contributed by atoms with Crippen LogP contribution in [-0.2, 0) is 14.4 Å². The number of rotatable bonds is 1. The Morgan fingerprint density at radius 1 is 1.06 bits per heavy atom. The quantitative estimate of drug-likeness (QED) is 0.589. The number of aliphatic carboxylic acids is 1. The fraction of sp³-hybridized carbons (Fsp3) is 0.714. The number of ketones is 2. The average Bonchev–Trinajstić information content (AvgIpc) is 2.74. The fourth-order valence-electron chi connectivity index (χ4n) is 8.78. The molecule has 0 heterocycles. The summed E-state index contributed by atoms with van der Waals surface area (Å²) in [5.74, 6) is -0.899. The summed E-state index contributed by atoms with van der Waals surface area (Å²) in [4.78, 5) is 38.9.